The van der Waals surface area contributed by atoms with Crippen molar-refractivity contribution in [3.63, 3.8) is 0 Å². The summed E-state index contributed by atoms with van der Waals surface area (Å²) in [5, 5.41) is 0. The van der Waals surface area contributed by atoms with E-state index >= 15 is 0 Å². The summed E-state index contributed by atoms with van der Waals surface area (Å²) in [5.41, 5.74) is 0.513. The van der Waals surface area contributed by atoms with Gasteiger partial charge in [-0.05, 0) is 49.7 Å². The number of rotatable bonds is 3. The Kier molecular flexibility index (Phi) is 4.14. The van der Waals surface area contributed by atoms with Gasteiger partial charge in [-0.2, -0.15) is 26.7 Å². The second kappa shape index (κ2) is 6.49. The van der Waals surface area contributed by atoms with Crippen LogP contribution in [-0.4, -0.2) is 65.7 Å². The van der Waals surface area contributed by atoms with Crippen LogP contribution in [0.4, 0.5) is 17.8 Å². The number of hydrogen-bond donors (Lipinski definition) is 0. The van der Waals surface area contributed by atoms with Crippen LogP contribution >= 0.6 is 11.8 Å². The van der Waals surface area contributed by atoms with Crippen molar-refractivity contribution in [2.45, 2.75) is 38.5 Å². The first-order chi connectivity index (χ1) is 12.3. The quantitative estimate of drug-likeness (QED) is 0.820. The molecule has 4 fully saturated rings. The molecule has 5 rings (SSSR count). The molecular formula is C18H28N6S. The summed E-state index contributed by atoms with van der Waals surface area (Å²) in [6.45, 7) is 6.58. The third-order valence-electron chi connectivity index (χ3n) is 6.28. The predicted octanol–water partition coefficient (Wildman–Crippen LogP) is 2.41. The molecule has 0 saturated carbocycles. The molecule has 4 aliphatic rings. The minimum atomic E-state index is 0.513. The van der Waals surface area contributed by atoms with Crippen molar-refractivity contribution >= 4 is 29.6 Å². The fourth-order valence-corrected chi connectivity index (χ4v) is 6.21. The van der Waals surface area contributed by atoms with E-state index in [0.29, 0.717) is 5.41 Å². The van der Waals surface area contributed by atoms with Gasteiger partial charge in [0.05, 0.1) is 0 Å². The van der Waals surface area contributed by atoms with Crippen LogP contribution in [0.25, 0.3) is 0 Å². The Hall–Kier alpha value is -1.24. The molecule has 1 aromatic rings. The van der Waals surface area contributed by atoms with Crippen molar-refractivity contribution in [3.8, 4) is 0 Å². The van der Waals surface area contributed by atoms with Crippen LogP contribution in [0.3, 0.4) is 0 Å². The van der Waals surface area contributed by atoms with Crippen LogP contribution < -0.4 is 14.7 Å². The standard InChI is InChI=1S/C18H28N6S/c1-2-8-22(7-1)15-19-16(23-9-3-4-10-23)21-17(20-15)24-11-5-18(13-24)6-12-25-14-18/h1-14H2. The van der Waals surface area contributed by atoms with Crippen molar-refractivity contribution in [3.05, 3.63) is 0 Å². The van der Waals surface area contributed by atoms with Gasteiger partial charge in [-0.1, -0.05) is 0 Å². The number of aromatic nitrogens is 3. The van der Waals surface area contributed by atoms with Gasteiger partial charge in [0, 0.05) is 45.0 Å². The lowest BCUT2D eigenvalue weighted by atomic mass is 9.87. The average molecular weight is 361 g/mol. The zero-order valence-electron chi connectivity index (χ0n) is 15.0. The Morgan fingerprint density at radius 2 is 1.24 bits per heavy atom. The summed E-state index contributed by atoms with van der Waals surface area (Å²) in [6, 6.07) is 0. The normalized spacial score (nSPS) is 29.5. The Morgan fingerprint density at radius 1 is 0.680 bits per heavy atom. The van der Waals surface area contributed by atoms with E-state index in [-0.39, 0.29) is 0 Å². The first-order valence-electron chi connectivity index (χ1n) is 9.90. The molecule has 7 heteroatoms. The van der Waals surface area contributed by atoms with Crippen LogP contribution in [0.15, 0.2) is 0 Å². The maximum Gasteiger partial charge on any atom is 0.231 e. The maximum atomic E-state index is 4.92. The van der Waals surface area contributed by atoms with Crippen molar-refractivity contribution in [2.24, 2.45) is 5.41 Å². The summed E-state index contributed by atoms with van der Waals surface area (Å²) >= 11 is 2.12. The van der Waals surface area contributed by atoms with Crippen molar-refractivity contribution in [1.82, 2.24) is 15.0 Å². The lowest BCUT2D eigenvalue weighted by Gasteiger charge is -2.25. The molecule has 6 nitrogen and oxygen atoms in total. The van der Waals surface area contributed by atoms with Crippen LogP contribution in [0, 0.1) is 5.41 Å². The third-order valence-corrected chi connectivity index (χ3v) is 7.59. The highest BCUT2D eigenvalue weighted by Crippen LogP contribution is 2.44. The van der Waals surface area contributed by atoms with E-state index in [2.05, 4.69) is 26.5 Å². The molecule has 1 atom stereocenters. The molecule has 4 aliphatic heterocycles. The summed E-state index contributed by atoms with van der Waals surface area (Å²) in [6.07, 6.45) is 7.67. The van der Waals surface area contributed by atoms with Gasteiger partial charge in [-0.3, -0.25) is 0 Å². The number of anilines is 3. The zero-order chi connectivity index (χ0) is 16.7. The molecule has 0 aromatic carbocycles. The van der Waals surface area contributed by atoms with Gasteiger partial charge in [0.15, 0.2) is 0 Å². The second-order valence-corrected chi connectivity index (χ2v) is 9.20. The Bertz CT molecular complexity index is 586. The Balaban J connectivity index is 1.45. The highest BCUT2D eigenvalue weighted by Gasteiger charge is 2.42. The van der Waals surface area contributed by atoms with Crippen molar-refractivity contribution < 1.29 is 0 Å². The molecule has 4 saturated heterocycles. The first kappa shape index (κ1) is 16.0. The fourth-order valence-electron chi connectivity index (χ4n) is 4.68. The van der Waals surface area contributed by atoms with Gasteiger partial charge in [-0.15, -0.1) is 0 Å². The lowest BCUT2D eigenvalue weighted by molar-refractivity contribution is 0.383. The molecule has 1 unspecified atom stereocenters. The summed E-state index contributed by atoms with van der Waals surface area (Å²) in [4.78, 5) is 21.8. The molecule has 0 aliphatic carbocycles. The van der Waals surface area contributed by atoms with Crippen LogP contribution in [0.2, 0.25) is 0 Å². The van der Waals surface area contributed by atoms with Crippen LogP contribution in [-0.2, 0) is 0 Å². The smallest absolute Gasteiger partial charge is 0.231 e. The maximum absolute atomic E-state index is 4.92. The van der Waals surface area contributed by atoms with Crippen LogP contribution in [0.1, 0.15) is 38.5 Å². The highest BCUT2D eigenvalue weighted by molar-refractivity contribution is 7.99. The summed E-state index contributed by atoms with van der Waals surface area (Å²) in [5.74, 6) is 5.38. The van der Waals surface area contributed by atoms with E-state index in [0.717, 1.165) is 57.1 Å². The van der Waals surface area contributed by atoms with E-state index in [1.807, 2.05) is 0 Å². The zero-order valence-corrected chi connectivity index (χ0v) is 15.8. The molecule has 136 valence electrons. The second-order valence-electron chi connectivity index (χ2n) is 8.10. The molecule has 1 aromatic heterocycles. The van der Waals surface area contributed by atoms with Gasteiger partial charge in [0.1, 0.15) is 0 Å². The molecule has 0 bridgehead atoms. The molecule has 0 radical (unpaired) electrons. The minimum Gasteiger partial charge on any atom is -0.341 e. The Labute approximate surface area is 154 Å². The molecule has 0 N–H and O–H groups in total. The number of thioether (sulfide) groups is 1. The van der Waals surface area contributed by atoms with E-state index in [1.165, 1.54) is 50.0 Å². The predicted molar refractivity (Wildman–Crippen MR) is 104 cm³/mol. The van der Waals surface area contributed by atoms with Crippen LogP contribution in [0.5, 0.6) is 0 Å². The van der Waals surface area contributed by atoms with Gasteiger partial charge >= 0.3 is 0 Å². The molecule has 25 heavy (non-hydrogen) atoms. The average Bonchev–Trinajstić information content (AvgIpc) is 3.44. The SMILES string of the molecule is C1CCN(c2nc(N3CCCC3)nc(N3CCC4(CCSC4)C3)n2)C1. The largest absolute Gasteiger partial charge is 0.341 e. The van der Waals surface area contributed by atoms with Gasteiger partial charge in [-0.25, -0.2) is 0 Å². The molecule has 1 spiro atoms. The Morgan fingerprint density at radius 3 is 1.76 bits per heavy atom. The van der Waals surface area contributed by atoms with E-state index in [1.54, 1.807) is 0 Å². The van der Waals surface area contributed by atoms with Gasteiger partial charge in [0.25, 0.3) is 0 Å². The van der Waals surface area contributed by atoms with Crippen molar-refractivity contribution in [2.75, 3.05) is 65.5 Å². The van der Waals surface area contributed by atoms with E-state index in [4.69, 9.17) is 15.0 Å². The molecule has 0 amide bonds. The number of hydrogen-bond acceptors (Lipinski definition) is 7. The number of nitrogens with zero attached hydrogens (tertiary/aromatic N) is 6. The van der Waals surface area contributed by atoms with Crippen molar-refractivity contribution in [1.29, 1.82) is 0 Å². The van der Waals surface area contributed by atoms with Gasteiger partial charge in [0.2, 0.25) is 17.8 Å². The lowest BCUT2D eigenvalue weighted by Crippen LogP contribution is -2.31. The molecular weight excluding hydrogens is 332 g/mol. The summed E-state index contributed by atoms with van der Waals surface area (Å²) in [7, 11) is 0. The van der Waals surface area contributed by atoms with E-state index in [9.17, 15) is 0 Å². The van der Waals surface area contributed by atoms with E-state index < -0.39 is 0 Å². The monoisotopic (exact) mass is 360 g/mol. The third kappa shape index (κ3) is 3.04. The first-order valence-corrected chi connectivity index (χ1v) is 11.1. The summed E-state index contributed by atoms with van der Waals surface area (Å²) < 4.78 is 0. The van der Waals surface area contributed by atoms with Gasteiger partial charge < -0.3 is 14.7 Å². The minimum absolute atomic E-state index is 0.513. The fraction of sp³-hybridized carbons (Fsp3) is 0.833. The highest BCUT2D eigenvalue weighted by atomic mass is 32.2. The molecule has 5 heterocycles. The topological polar surface area (TPSA) is 48.4 Å².